The number of benzene rings is 1. The first-order valence-electron chi connectivity index (χ1n) is 7.30. The minimum absolute atomic E-state index is 0.00146. The maximum absolute atomic E-state index is 12.1. The van der Waals surface area contributed by atoms with Crippen molar-refractivity contribution in [3.05, 3.63) is 48.7 Å². The van der Waals surface area contributed by atoms with Crippen LogP contribution in [-0.4, -0.2) is 40.4 Å². The minimum Gasteiger partial charge on any atom is -0.348 e. The summed E-state index contributed by atoms with van der Waals surface area (Å²) in [6, 6.07) is 9.37. The van der Waals surface area contributed by atoms with Crippen molar-refractivity contribution in [2.24, 2.45) is 0 Å². The number of nitrogens with one attached hydrogen (secondary N) is 1. The van der Waals surface area contributed by atoms with Gasteiger partial charge in [0, 0.05) is 30.2 Å². The number of amides is 2. The molecule has 2 aromatic rings. The van der Waals surface area contributed by atoms with Crippen LogP contribution in [0.15, 0.2) is 43.1 Å². The van der Waals surface area contributed by atoms with Crippen molar-refractivity contribution in [3.8, 4) is 6.07 Å². The van der Waals surface area contributed by atoms with Gasteiger partial charge in [-0.25, -0.2) is 0 Å². The van der Waals surface area contributed by atoms with Crippen molar-refractivity contribution < 1.29 is 9.59 Å². The third-order valence-corrected chi connectivity index (χ3v) is 3.95. The number of hydrogen-bond acceptors (Lipinski definition) is 3. The molecule has 6 nitrogen and oxygen atoms in total. The number of carbonyl (C=O) groups is 2. The molecule has 1 aromatic carbocycles. The molecule has 1 fully saturated rings. The molecule has 6 heteroatoms. The third-order valence-electron chi connectivity index (χ3n) is 3.95. The Labute approximate surface area is 133 Å². The fourth-order valence-corrected chi connectivity index (χ4v) is 2.71. The van der Waals surface area contributed by atoms with Crippen LogP contribution in [-0.2, 0) is 16.1 Å². The van der Waals surface area contributed by atoms with Crippen LogP contribution in [0.2, 0.25) is 0 Å². The molecule has 1 N–H and O–H groups in total. The first-order valence-corrected chi connectivity index (χ1v) is 7.30. The molecule has 3 rings (SSSR count). The van der Waals surface area contributed by atoms with Crippen molar-refractivity contribution >= 4 is 22.7 Å². The maximum Gasteiger partial charge on any atom is 0.246 e. The first kappa shape index (κ1) is 14.9. The topological polar surface area (TPSA) is 78.1 Å². The molecule has 0 unspecified atom stereocenters. The van der Waals surface area contributed by atoms with Gasteiger partial charge in [0.1, 0.15) is 6.54 Å². The van der Waals surface area contributed by atoms with Gasteiger partial charge < -0.3 is 14.8 Å². The third kappa shape index (κ3) is 2.94. The van der Waals surface area contributed by atoms with E-state index in [2.05, 4.69) is 18.0 Å². The summed E-state index contributed by atoms with van der Waals surface area (Å²) >= 11 is 0. The zero-order valence-electron chi connectivity index (χ0n) is 12.5. The van der Waals surface area contributed by atoms with Crippen molar-refractivity contribution in [1.82, 2.24) is 14.8 Å². The Bertz CT molecular complexity index is 825. The second kappa shape index (κ2) is 5.97. The number of nitriles is 1. The molecule has 0 radical (unpaired) electrons. The molecule has 0 saturated carbocycles. The normalized spacial score (nSPS) is 14.1. The average Bonchev–Trinajstić information content (AvgIpc) is 2.91. The predicted octanol–water partition coefficient (Wildman–Crippen LogP) is 1.03. The second-order valence-electron chi connectivity index (χ2n) is 5.54. The summed E-state index contributed by atoms with van der Waals surface area (Å²) < 4.78 is 1.84. The molecule has 0 bridgehead atoms. The van der Waals surface area contributed by atoms with Crippen LogP contribution >= 0.6 is 0 Å². The van der Waals surface area contributed by atoms with E-state index in [1.165, 1.54) is 6.08 Å². The minimum atomic E-state index is -0.111. The number of nitrogens with zero attached hydrogens (tertiary/aromatic N) is 3. The zero-order chi connectivity index (χ0) is 16.4. The lowest BCUT2D eigenvalue weighted by Crippen LogP contribution is -2.61. The highest BCUT2D eigenvalue weighted by Gasteiger charge is 2.30. The molecule has 116 valence electrons. The molecule has 1 aliphatic heterocycles. The largest absolute Gasteiger partial charge is 0.348 e. The van der Waals surface area contributed by atoms with E-state index in [4.69, 9.17) is 5.26 Å². The monoisotopic (exact) mass is 308 g/mol. The SMILES string of the molecule is C=CC(=O)N1CC(NC(=O)Cn2ccc3cc(C#N)ccc32)C1. The summed E-state index contributed by atoms with van der Waals surface area (Å²) in [6.07, 6.45) is 3.11. The van der Waals surface area contributed by atoms with Gasteiger partial charge in [-0.05, 0) is 30.3 Å². The number of fused-ring (bicyclic) bond motifs is 1. The van der Waals surface area contributed by atoms with Gasteiger partial charge in [0.15, 0.2) is 0 Å². The summed E-state index contributed by atoms with van der Waals surface area (Å²) in [7, 11) is 0. The van der Waals surface area contributed by atoms with Crippen molar-refractivity contribution in [3.63, 3.8) is 0 Å². The van der Waals surface area contributed by atoms with E-state index in [0.717, 1.165) is 10.9 Å². The Morgan fingerprint density at radius 1 is 1.39 bits per heavy atom. The standard InChI is InChI=1S/C17H16N4O2/c1-2-17(23)21-9-14(10-21)19-16(22)11-20-6-5-13-7-12(8-18)3-4-15(13)20/h2-7,14H,1,9-11H2,(H,19,22). The first-order chi connectivity index (χ1) is 11.1. The smallest absolute Gasteiger partial charge is 0.246 e. The van der Waals surface area contributed by atoms with Gasteiger partial charge in [0.05, 0.1) is 17.7 Å². The highest BCUT2D eigenvalue weighted by atomic mass is 16.2. The molecule has 1 aliphatic rings. The number of hydrogen-bond donors (Lipinski definition) is 1. The number of carbonyl (C=O) groups excluding carboxylic acids is 2. The van der Waals surface area contributed by atoms with E-state index in [-0.39, 0.29) is 24.4 Å². The molecule has 0 spiro atoms. The number of aromatic nitrogens is 1. The van der Waals surface area contributed by atoms with Crippen molar-refractivity contribution in [1.29, 1.82) is 5.26 Å². The second-order valence-corrected chi connectivity index (χ2v) is 5.54. The Kier molecular flexibility index (Phi) is 3.85. The Morgan fingerprint density at radius 3 is 2.87 bits per heavy atom. The molecule has 23 heavy (non-hydrogen) atoms. The van der Waals surface area contributed by atoms with Crippen LogP contribution in [0.4, 0.5) is 0 Å². The lowest BCUT2D eigenvalue weighted by molar-refractivity contribution is -0.133. The average molecular weight is 308 g/mol. The summed E-state index contributed by atoms with van der Waals surface area (Å²) in [4.78, 5) is 25.1. The van der Waals surface area contributed by atoms with E-state index in [0.29, 0.717) is 18.7 Å². The predicted molar refractivity (Wildman–Crippen MR) is 85.4 cm³/mol. The van der Waals surface area contributed by atoms with Crippen molar-refractivity contribution in [2.45, 2.75) is 12.6 Å². The van der Waals surface area contributed by atoms with E-state index < -0.39 is 0 Å². The van der Waals surface area contributed by atoms with Crippen LogP contribution in [0.1, 0.15) is 5.56 Å². The zero-order valence-corrected chi connectivity index (χ0v) is 12.5. The van der Waals surface area contributed by atoms with Crippen molar-refractivity contribution in [2.75, 3.05) is 13.1 Å². The molecule has 0 aliphatic carbocycles. The van der Waals surface area contributed by atoms with Gasteiger partial charge in [-0.1, -0.05) is 6.58 Å². The fourth-order valence-electron chi connectivity index (χ4n) is 2.71. The summed E-state index contributed by atoms with van der Waals surface area (Å²) in [5, 5.41) is 12.7. The van der Waals surface area contributed by atoms with E-state index in [1.54, 1.807) is 17.0 Å². The lowest BCUT2D eigenvalue weighted by atomic mass is 10.1. The molecule has 2 amide bonds. The molecular weight excluding hydrogens is 292 g/mol. The van der Waals surface area contributed by atoms with Crippen LogP contribution in [0.25, 0.3) is 10.9 Å². The van der Waals surface area contributed by atoms with Gasteiger partial charge in [-0.2, -0.15) is 5.26 Å². The van der Waals surface area contributed by atoms with E-state index in [1.807, 2.05) is 22.9 Å². The van der Waals surface area contributed by atoms with E-state index in [9.17, 15) is 9.59 Å². The van der Waals surface area contributed by atoms with Crippen LogP contribution in [0, 0.1) is 11.3 Å². The van der Waals surface area contributed by atoms with E-state index >= 15 is 0 Å². The summed E-state index contributed by atoms with van der Waals surface area (Å²) in [5.41, 5.74) is 1.51. The Morgan fingerprint density at radius 2 is 2.17 bits per heavy atom. The Balaban J connectivity index is 1.60. The maximum atomic E-state index is 12.1. The molecule has 2 heterocycles. The molecular formula is C17H16N4O2. The lowest BCUT2D eigenvalue weighted by Gasteiger charge is -2.38. The fraction of sp³-hybridized carbons (Fsp3) is 0.235. The summed E-state index contributed by atoms with van der Waals surface area (Å²) in [5.74, 6) is -0.206. The number of likely N-dealkylation sites (tertiary alicyclic amines) is 1. The van der Waals surface area contributed by atoms with Gasteiger partial charge in [0.2, 0.25) is 11.8 Å². The highest BCUT2D eigenvalue weighted by Crippen LogP contribution is 2.17. The summed E-state index contributed by atoms with van der Waals surface area (Å²) in [6.45, 7) is 4.69. The molecule has 1 saturated heterocycles. The quantitative estimate of drug-likeness (QED) is 0.857. The van der Waals surface area contributed by atoms with Gasteiger partial charge >= 0.3 is 0 Å². The van der Waals surface area contributed by atoms with Crippen LogP contribution in [0.5, 0.6) is 0 Å². The van der Waals surface area contributed by atoms with Crippen LogP contribution in [0.3, 0.4) is 0 Å². The van der Waals surface area contributed by atoms with Gasteiger partial charge in [-0.3, -0.25) is 9.59 Å². The highest BCUT2D eigenvalue weighted by molar-refractivity contribution is 5.88. The van der Waals surface area contributed by atoms with Crippen LogP contribution < -0.4 is 5.32 Å². The number of rotatable bonds is 4. The molecule has 1 aromatic heterocycles. The van der Waals surface area contributed by atoms with Gasteiger partial charge in [-0.15, -0.1) is 0 Å². The Hall–Kier alpha value is -3.07. The molecule has 0 atom stereocenters. The van der Waals surface area contributed by atoms with Gasteiger partial charge in [0.25, 0.3) is 0 Å².